The van der Waals surface area contributed by atoms with Crippen LogP contribution in [-0.4, -0.2) is 66.8 Å². The van der Waals surface area contributed by atoms with Crippen LogP contribution in [0.1, 0.15) is 40.0 Å². The van der Waals surface area contributed by atoms with Gasteiger partial charge in [-0.25, -0.2) is 9.59 Å². The molecular formula is C20H29NO8. The fourth-order valence-corrected chi connectivity index (χ4v) is 4.67. The monoisotopic (exact) mass is 411 g/mol. The molecule has 6 unspecified atom stereocenters. The highest BCUT2D eigenvalue weighted by Crippen LogP contribution is 2.52. The summed E-state index contributed by atoms with van der Waals surface area (Å²) in [5.74, 6) is -1.98. The van der Waals surface area contributed by atoms with E-state index in [1.807, 2.05) is 0 Å². The topological polar surface area (TPSA) is 112 Å². The summed E-state index contributed by atoms with van der Waals surface area (Å²) in [4.78, 5) is 38.8. The van der Waals surface area contributed by atoms with Crippen LogP contribution < -0.4 is 0 Å². The van der Waals surface area contributed by atoms with E-state index in [4.69, 9.17) is 14.2 Å². The van der Waals surface area contributed by atoms with E-state index in [1.54, 1.807) is 27.9 Å². The van der Waals surface area contributed by atoms with Crippen LogP contribution in [0.4, 0.5) is 4.79 Å². The second-order valence-electron chi connectivity index (χ2n) is 8.12. The number of aliphatic hydroxyl groups excluding tert-OH is 1. The number of esters is 1. The zero-order valence-corrected chi connectivity index (χ0v) is 17.4. The number of carbonyl (C=O) groups excluding carboxylic acids is 3. The predicted octanol–water partition coefficient (Wildman–Crippen LogP) is 1.59. The third kappa shape index (κ3) is 3.61. The van der Waals surface area contributed by atoms with Gasteiger partial charge in [0, 0.05) is 18.9 Å². The predicted molar refractivity (Wildman–Crippen MR) is 99.2 cm³/mol. The van der Waals surface area contributed by atoms with Crippen LogP contribution in [0.25, 0.3) is 0 Å². The number of β-lactam (4-membered cyclic amide) rings is 1. The van der Waals surface area contributed by atoms with Gasteiger partial charge in [0.15, 0.2) is 0 Å². The molecule has 2 heterocycles. The van der Waals surface area contributed by atoms with Crippen LogP contribution in [-0.2, 0) is 28.5 Å². The summed E-state index contributed by atoms with van der Waals surface area (Å²) in [5.41, 5.74) is 0.901. The Bertz CT molecular complexity index is 715. The molecule has 1 N–H and O–H groups in total. The summed E-state index contributed by atoms with van der Waals surface area (Å²) in [7, 11) is 2.74. The van der Waals surface area contributed by atoms with Gasteiger partial charge in [-0.2, -0.15) is 0 Å². The lowest BCUT2D eigenvalue weighted by molar-refractivity contribution is -0.181. The number of fused-ring (bicyclic) bond motifs is 3. The molecule has 0 radical (unpaired) electrons. The molecule has 162 valence electrons. The number of rotatable bonds is 6. The third-order valence-corrected chi connectivity index (χ3v) is 5.99. The highest BCUT2D eigenvalue weighted by molar-refractivity contribution is 6.01. The van der Waals surface area contributed by atoms with Gasteiger partial charge in [-0.05, 0) is 31.8 Å². The first kappa shape index (κ1) is 21.6. The van der Waals surface area contributed by atoms with E-state index in [1.165, 1.54) is 12.0 Å². The van der Waals surface area contributed by atoms with Crippen molar-refractivity contribution in [1.82, 2.24) is 4.90 Å². The van der Waals surface area contributed by atoms with Crippen LogP contribution in [0.5, 0.6) is 0 Å². The van der Waals surface area contributed by atoms with Crippen molar-refractivity contribution < 1.29 is 38.4 Å². The van der Waals surface area contributed by atoms with Gasteiger partial charge in [0.1, 0.15) is 5.70 Å². The lowest BCUT2D eigenvalue weighted by Gasteiger charge is -2.47. The summed E-state index contributed by atoms with van der Waals surface area (Å²) >= 11 is 0. The average Bonchev–Trinajstić information content (AvgIpc) is 2.97. The summed E-state index contributed by atoms with van der Waals surface area (Å²) < 4.78 is 20.6. The highest BCUT2D eigenvalue weighted by Gasteiger charge is 2.62. The Hall–Kier alpha value is -2.13. The van der Waals surface area contributed by atoms with Gasteiger partial charge in [0.25, 0.3) is 6.29 Å². The zero-order valence-electron chi connectivity index (χ0n) is 17.4. The van der Waals surface area contributed by atoms with Crippen molar-refractivity contribution >= 4 is 18.0 Å². The Kier molecular flexibility index (Phi) is 6.19. The smallest absolute Gasteiger partial charge is 0.438 e. The molecule has 6 atom stereocenters. The maximum absolute atomic E-state index is 13.1. The van der Waals surface area contributed by atoms with Crippen LogP contribution in [0, 0.1) is 17.8 Å². The van der Waals surface area contributed by atoms with E-state index in [2.05, 4.69) is 4.74 Å². The molecular weight excluding hydrogens is 382 g/mol. The molecule has 0 aromatic heterocycles. The van der Waals surface area contributed by atoms with Crippen molar-refractivity contribution in [2.24, 2.45) is 17.8 Å². The van der Waals surface area contributed by atoms with E-state index in [-0.39, 0.29) is 35.6 Å². The Morgan fingerprint density at radius 3 is 2.38 bits per heavy atom. The molecule has 0 bridgehead atoms. The molecule has 9 heteroatoms. The Morgan fingerprint density at radius 2 is 1.83 bits per heavy atom. The van der Waals surface area contributed by atoms with Crippen molar-refractivity contribution in [3.05, 3.63) is 11.3 Å². The fraction of sp³-hybridized carbons (Fsp3) is 0.750. The number of hydrogen-bond donors (Lipinski definition) is 1. The number of aliphatic hydroxyl groups is 1. The van der Waals surface area contributed by atoms with Crippen molar-refractivity contribution in [3.63, 3.8) is 0 Å². The molecule has 3 rings (SSSR count). The Morgan fingerprint density at radius 1 is 1.14 bits per heavy atom. The Balaban J connectivity index is 1.92. The summed E-state index contributed by atoms with van der Waals surface area (Å²) in [6, 6.07) is -0.281. The SMILES string of the molecule is COC(=O)OC(OC(=O)C1=C2C(OC)CCCC2C2C(C(C)O)C(=O)N12)C(C)C. The van der Waals surface area contributed by atoms with E-state index < -0.39 is 30.4 Å². The number of methoxy groups -OCH3 is 2. The molecule has 0 aromatic carbocycles. The summed E-state index contributed by atoms with van der Waals surface area (Å²) in [6.45, 7) is 5.05. The molecule has 29 heavy (non-hydrogen) atoms. The second-order valence-corrected chi connectivity index (χ2v) is 8.12. The van der Waals surface area contributed by atoms with E-state index in [0.29, 0.717) is 0 Å². The standard InChI is InChI=1S/C20H29NO8/c1-9(2)19(29-20(25)27-5)28-18(24)16-14-11(7-6-8-12(14)26-4)15-13(10(3)22)17(23)21(15)16/h9-13,15,19,22H,6-8H2,1-5H3. The fourth-order valence-electron chi connectivity index (χ4n) is 4.67. The van der Waals surface area contributed by atoms with E-state index in [9.17, 15) is 19.5 Å². The quantitative estimate of drug-likeness (QED) is 0.398. The van der Waals surface area contributed by atoms with Crippen LogP contribution in [0.2, 0.25) is 0 Å². The van der Waals surface area contributed by atoms with Crippen molar-refractivity contribution in [1.29, 1.82) is 0 Å². The molecule has 3 aliphatic rings. The average molecular weight is 411 g/mol. The Labute approximate surface area is 169 Å². The minimum absolute atomic E-state index is 0.0624. The first-order valence-corrected chi connectivity index (χ1v) is 9.96. The first-order valence-electron chi connectivity index (χ1n) is 9.96. The van der Waals surface area contributed by atoms with Gasteiger partial charge in [0.05, 0.1) is 31.3 Å². The van der Waals surface area contributed by atoms with Crippen LogP contribution in [0.3, 0.4) is 0 Å². The normalized spacial score (nSPS) is 30.3. The van der Waals surface area contributed by atoms with Gasteiger partial charge in [-0.15, -0.1) is 0 Å². The van der Waals surface area contributed by atoms with Gasteiger partial charge in [-0.3, -0.25) is 4.79 Å². The van der Waals surface area contributed by atoms with Crippen molar-refractivity contribution in [2.75, 3.05) is 14.2 Å². The number of ether oxygens (including phenoxy) is 4. The maximum atomic E-state index is 13.1. The number of carbonyl (C=O) groups is 3. The highest BCUT2D eigenvalue weighted by atomic mass is 16.8. The van der Waals surface area contributed by atoms with Gasteiger partial charge < -0.3 is 29.0 Å². The van der Waals surface area contributed by atoms with Crippen LogP contribution in [0.15, 0.2) is 11.3 Å². The molecule has 1 saturated heterocycles. The second kappa shape index (κ2) is 8.31. The molecule has 2 fully saturated rings. The summed E-state index contributed by atoms with van der Waals surface area (Å²) in [6.07, 6.45) is -0.792. The van der Waals surface area contributed by atoms with Gasteiger partial charge >= 0.3 is 12.1 Å². The molecule has 9 nitrogen and oxygen atoms in total. The number of hydrogen-bond acceptors (Lipinski definition) is 8. The molecule has 1 amide bonds. The third-order valence-electron chi connectivity index (χ3n) is 5.99. The van der Waals surface area contributed by atoms with Gasteiger partial charge in [0.2, 0.25) is 5.91 Å². The minimum Gasteiger partial charge on any atom is -0.438 e. The number of nitrogens with zero attached hydrogens (tertiary/aromatic N) is 1. The molecule has 2 aliphatic heterocycles. The van der Waals surface area contributed by atoms with Gasteiger partial charge in [-0.1, -0.05) is 13.8 Å². The van der Waals surface area contributed by atoms with Crippen LogP contribution >= 0.6 is 0 Å². The maximum Gasteiger partial charge on any atom is 0.511 e. The molecule has 0 spiro atoms. The molecule has 1 saturated carbocycles. The summed E-state index contributed by atoms with van der Waals surface area (Å²) in [5, 5.41) is 10.1. The van der Waals surface area contributed by atoms with Crippen molar-refractivity contribution in [3.8, 4) is 0 Å². The minimum atomic E-state index is -1.16. The molecule has 1 aliphatic carbocycles. The van der Waals surface area contributed by atoms with E-state index in [0.717, 1.165) is 24.8 Å². The zero-order chi connectivity index (χ0) is 21.5. The molecule has 0 aromatic rings. The first-order chi connectivity index (χ1) is 13.7. The van der Waals surface area contributed by atoms with Crippen molar-refractivity contribution in [2.45, 2.75) is 64.6 Å². The largest absolute Gasteiger partial charge is 0.511 e. The lowest BCUT2D eigenvalue weighted by atomic mass is 9.72. The lowest BCUT2D eigenvalue weighted by Crippen LogP contribution is -2.64. The van der Waals surface area contributed by atoms with E-state index >= 15 is 0 Å². The number of amides is 1.